The van der Waals surface area contributed by atoms with Crippen molar-refractivity contribution in [1.82, 2.24) is 15.3 Å². The SMILES string of the molecule is CCN1C(=O)/C(=C\c2cccc(/C=N/NC(=O)Nc3ccc(N=Nc4ccccc4)cc3)n2)SC1=S. The Morgan fingerprint density at radius 2 is 1.69 bits per heavy atom. The summed E-state index contributed by atoms with van der Waals surface area (Å²) in [5.41, 5.74) is 5.49. The van der Waals surface area contributed by atoms with Gasteiger partial charge in [-0.25, -0.2) is 15.2 Å². The normalized spacial score (nSPS) is 14.8. The first-order valence-electron chi connectivity index (χ1n) is 10.9. The molecule has 0 atom stereocenters. The number of likely N-dealkylation sites (N-methyl/N-ethyl adjacent to an activating group) is 1. The average Bonchev–Trinajstić information content (AvgIpc) is 3.16. The number of nitrogens with one attached hydrogen (secondary N) is 2. The first-order chi connectivity index (χ1) is 17.5. The van der Waals surface area contributed by atoms with Crippen molar-refractivity contribution in [3.8, 4) is 0 Å². The number of urea groups is 1. The quantitative estimate of drug-likeness (QED) is 0.134. The van der Waals surface area contributed by atoms with Gasteiger partial charge in [0.15, 0.2) is 0 Å². The molecule has 3 amide bonds. The molecule has 1 aliphatic heterocycles. The number of hydrogen-bond acceptors (Lipinski definition) is 8. The zero-order valence-corrected chi connectivity index (χ0v) is 20.8. The second-order valence-corrected chi connectivity index (χ2v) is 9.00. The van der Waals surface area contributed by atoms with Crippen LogP contribution in [0.4, 0.5) is 21.9 Å². The zero-order valence-electron chi connectivity index (χ0n) is 19.2. The average molecular weight is 516 g/mol. The maximum Gasteiger partial charge on any atom is 0.339 e. The van der Waals surface area contributed by atoms with Crippen LogP contribution in [-0.4, -0.2) is 38.9 Å². The van der Waals surface area contributed by atoms with Crippen LogP contribution in [0.25, 0.3) is 6.08 Å². The minimum atomic E-state index is -0.510. The molecule has 0 bridgehead atoms. The van der Waals surface area contributed by atoms with Gasteiger partial charge >= 0.3 is 6.03 Å². The lowest BCUT2D eigenvalue weighted by molar-refractivity contribution is -0.121. The maximum absolute atomic E-state index is 12.4. The van der Waals surface area contributed by atoms with E-state index in [1.165, 1.54) is 18.0 Å². The van der Waals surface area contributed by atoms with E-state index in [2.05, 4.69) is 31.1 Å². The van der Waals surface area contributed by atoms with E-state index in [1.807, 2.05) is 37.3 Å². The Labute approximate surface area is 217 Å². The topological polar surface area (TPSA) is 111 Å². The third-order valence-electron chi connectivity index (χ3n) is 4.79. The molecule has 0 unspecified atom stereocenters. The summed E-state index contributed by atoms with van der Waals surface area (Å²) in [7, 11) is 0. The number of anilines is 1. The van der Waals surface area contributed by atoms with E-state index in [-0.39, 0.29) is 5.91 Å². The van der Waals surface area contributed by atoms with Crippen LogP contribution in [0, 0.1) is 0 Å². The number of nitrogens with zero attached hydrogens (tertiary/aromatic N) is 5. The predicted octanol–water partition coefficient (Wildman–Crippen LogP) is 5.87. The van der Waals surface area contributed by atoms with Gasteiger partial charge in [0, 0.05) is 12.2 Å². The molecule has 0 spiro atoms. The molecule has 1 fully saturated rings. The van der Waals surface area contributed by atoms with Crippen molar-refractivity contribution in [2.45, 2.75) is 6.92 Å². The van der Waals surface area contributed by atoms with E-state index in [1.54, 1.807) is 53.4 Å². The Morgan fingerprint density at radius 3 is 2.39 bits per heavy atom. The van der Waals surface area contributed by atoms with Crippen LogP contribution in [0.2, 0.25) is 0 Å². The van der Waals surface area contributed by atoms with E-state index in [0.29, 0.717) is 38.5 Å². The van der Waals surface area contributed by atoms with E-state index in [0.717, 1.165) is 5.69 Å². The van der Waals surface area contributed by atoms with Gasteiger partial charge in [-0.2, -0.15) is 15.3 Å². The largest absolute Gasteiger partial charge is 0.339 e. The second kappa shape index (κ2) is 12.0. The molecule has 1 saturated heterocycles. The van der Waals surface area contributed by atoms with Crippen molar-refractivity contribution in [1.29, 1.82) is 0 Å². The molecular formula is C25H21N7O2S2. The molecule has 0 aliphatic carbocycles. The number of aromatic nitrogens is 1. The molecule has 2 aromatic carbocycles. The molecule has 4 rings (SSSR count). The number of rotatable bonds is 7. The molecule has 2 N–H and O–H groups in total. The van der Waals surface area contributed by atoms with Crippen LogP contribution >= 0.6 is 24.0 Å². The van der Waals surface area contributed by atoms with Crippen molar-refractivity contribution in [3.05, 3.63) is 89.1 Å². The lowest BCUT2D eigenvalue weighted by Gasteiger charge is -2.09. The minimum Gasteiger partial charge on any atom is -0.307 e. The van der Waals surface area contributed by atoms with Gasteiger partial charge in [0.2, 0.25) is 0 Å². The number of benzene rings is 2. The first kappa shape index (κ1) is 24.9. The van der Waals surface area contributed by atoms with Crippen molar-refractivity contribution >= 4 is 69.6 Å². The number of pyridine rings is 1. The molecule has 0 saturated carbocycles. The van der Waals surface area contributed by atoms with Gasteiger partial charge in [-0.05, 0) is 61.5 Å². The fourth-order valence-corrected chi connectivity index (χ4v) is 4.43. The summed E-state index contributed by atoms with van der Waals surface area (Å²) < 4.78 is 0.535. The summed E-state index contributed by atoms with van der Waals surface area (Å²) in [4.78, 5) is 31.0. The highest BCUT2D eigenvalue weighted by Crippen LogP contribution is 2.31. The number of thioether (sulfide) groups is 1. The molecule has 0 radical (unpaired) electrons. The number of azo groups is 1. The molecule has 180 valence electrons. The Balaban J connectivity index is 1.30. The fraction of sp³-hybridized carbons (Fsp3) is 0.0800. The standard InChI is InChI=1S/C25H21N7O2S2/c1-2-32-23(33)22(36-25(32)35)15-20-9-6-10-21(27-20)16-26-31-24(34)28-17-11-13-19(14-12-17)30-29-18-7-4-3-5-8-18/h3-16H,2H2,1H3,(H2,28,31,34)/b22-15+,26-16+,30-29?. The van der Waals surface area contributed by atoms with E-state index in [4.69, 9.17) is 12.2 Å². The minimum absolute atomic E-state index is 0.126. The lowest BCUT2D eigenvalue weighted by Crippen LogP contribution is -2.27. The summed E-state index contributed by atoms with van der Waals surface area (Å²) >= 11 is 6.48. The summed E-state index contributed by atoms with van der Waals surface area (Å²) in [6, 6.07) is 21.1. The van der Waals surface area contributed by atoms with Crippen LogP contribution in [-0.2, 0) is 4.79 Å². The zero-order chi connectivity index (χ0) is 25.3. The molecule has 11 heteroatoms. The van der Waals surface area contributed by atoms with Crippen LogP contribution in [0.1, 0.15) is 18.3 Å². The monoisotopic (exact) mass is 515 g/mol. The number of thiocarbonyl (C=S) groups is 1. The van der Waals surface area contributed by atoms with Gasteiger partial charge in [-0.15, -0.1) is 0 Å². The summed E-state index contributed by atoms with van der Waals surface area (Å²) in [6.07, 6.45) is 3.11. The fourth-order valence-electron chi connectivity index (χ4n) is 3.07. The van der Waals surface area contributed by atoms with Crippen molar-refractivity contribution < 1.29 is 9.59 Å². The molecule has 1 aliphatic rings. The number of hydrazone groups is 1. The van der Waals surface area contributed by atoms with E-state index >= 15 is 0 Å². The third kappa shape index (κ3) is 6.68. The highest BCUT2D eigenvalue weighted by molar-refractivity contribution is 8.26. The lowest BCUT2D eigenvalue weighted by atomic mass is 10.3. The second-order valence-electron chi connectivity index (χ2n) is 7.32. The van der Waals surface area contributed by atoms with Crippen LogP contribution in [0.5, 0.6) is 0 Å². The van der Waals surface area contributed by atoms with Gasteiger partial charge < -0.3 is 5.32 Å². The number of hydrogen-bond donors (Lipinski definition) is 2. The summed E-state index contributed by atoms with van der Waals surface area (Å²) in [6.45, 7) is 2.40. The van der Waals surface area contributed by atoms with Gasteiger partial charge in [0.1, 0.15) is 4.32 Å². The number of carbonyl (C=O) groups excluding carboxylic acids is 2. The number of carbonyl (C=O) groups is 2. The van der Waals surface area contributed by atoms with Crippen molar-refractivity contribution in [2.24, 2.45) is 15.3 Å². The summed E-state index contributed by atoms with van der Waals surface area (Å²) in [5.74, 6) is -0.126. The number of amides is 3. The predicted molar refractivity (Wildman–Crippen MR) is 147 cm³/mol. The van der Waals surface area contributed by atoms with Crippen molar-refractivity contribution in [2.75, 3.05) is 11.9 Å². The summed E-state index contributed by atoms with van der Waals surface area (Å²) in [5, 5.41) is 14.9. The Hall–Kier alpha value is -4.22. The van der Waals surface area contributed by atoms with Crippen molar-refractivity contribution in [3.63, 3.8) is 0 Å². The maximum atomic E-state index is 12.4. The Morgan fingerprint density at radius 1 is 1.00 bits per heavy atom. The Kier molecular flexibility index (Phi) is 8.27. The molecule has 1 aromatic heterocycles. The van der Waals surface area contributed by atoms with Crippen LogP contribution in [0.3, 0.4) is 0 Å². The molecule has 36 heavy (non-hydrogen) atoms. The Bertz CT molecular complexity index is 1360. The first-order valence-corrected chi connectivity index (χ1v) is 12.1. The molecular weight excluding hydrogens is 494 g/mol. The van der Waals surface area contributed by atoms with Gasteiger partial charge in [0.25, 0.3) is 5.91 Å². The third-order valence-corrected chi connectivity index (χ3v) is 6.16. The molecule has 2 heterocycles. The van der Waals surface area contributed by atoms with Crippen LogP contribution < -0.4 is 10.7 Å². The van der Waals surface area contributed by atoms with Gasteiger partial charge in [-0.1, -0.05) is 48.2 Å². The smallest absolute Gasteiger partial charge is 0.307 e. The van der Waals surface area contributed by atoms with Crippen LogP contribution in [0.15, 0.2) is 93.0 Å². The van der Waals surface area contributed by atoms with E-state index in [9.17, 15) is 9.59 Å². The molecule has 3 aromatic rings. The highest BCUT2D eigenvalue weighted by Gasteiger charge is 2.30. The van der Waals surface area contributed by atoms with E-state index < -0.39 is 6.03 Å². The highest BCUT2D eigenvalue weighted by atomic mass is 32.2. The van der Waals surface area contributed by atoms with Gasteiger partial charge in [0.05, 0.1) is 33.9 Å². The molecule has 9 nitrogen and oxygen atoms in total. The van der Waals surface area contributed by atoms with Gasteiger partial charge in [-0.3, -0.25) is 9.69 Å².